The molecule has 0 aliphatic heterocycles. The molecule has 0 aliphatic rings. The van der Waals surface area contributed by atoms with Crippen LogP contribution in [0, 0.1) is 0 Å². The molecular formula is C8H11F2N3. The number of anilines is 1. The summed E-state index contributed by atoms with van der Waals surface area (Å²) in [5, 5.41) is 2.92. The minimum Gasteiger partial charge on any atom is -0.368 e. The zero-order valence-corrected chi connectivity index (χ0v) is 7.46. The maximum Gasteiger partial charge on any atom is 0.280 e. The fourth-order valence-corrected chi connectivity index (χ4v) is 0.866. The smallest absolute Gasteiger partial charge is 0.280 e. The average Bonchev–Trinajstić information content (AvgIpc) is 2.03. The van der Waals surface area contributed by atoms with Gasteiger partial charge in [-0.1, -0.05) is 0 Å². The maximum atomic E-state index is 12.2. The van der Waals surface area contributed by atoms with Crippen LogP contribution in [0.2, 0.25) is 0 Å². The second kappa shape index (κ2) is 4.11. The lowest BCUT2D eigenvalue weighted by atomic mass is 10.3. The number of rotatable bonds is 3. The van der Waals surface area contributed by atoms with E-state index >= 15 is 0 Å². The summed E-state index contributed by atoms with van der Waals surface area (Å²) in [4.78, 5) is 7.25. The van der Waals surface area contributed by atoms with Crippen molar-refractivity contribution in [3.8, 4) is 0 Å². The van der Waals surface area contributed by atoms with E-state index in [9.17, 15) is 8.78 Å². The van der Waals surface area contributed by atoms with E-state index in [2.05, 4.69) is 15.3 Å². The molecule has 0 saturated heterocycles. The molecule has 1 heterocycles. The molecule has 0 aliphatic carbocycles. The van der Waals surface area contributed by atoms with E-state index < -0.39 is 6.43 Å². The summed E-state index contributed by atoms with van der Waals surface area (Å²) in [6, 6.07) is 1.42. The molecular weight excluding hydrogens is 176 g/mol. The predicted molar refractivity (Wildman–Crippen MR) is 45.7 cm³/mol. The van der Waals surface area contributed by atoms with E-state index in [1.165, 1.54) is 6.07 Å². The second-order valence-electron chi connectivity index (χ2n) is 2.93. The number of alkyl halides is 2. The Kier molecular flexibility index (Phi) is 3.11. The van der Waals surface area contributed by atoms with Crippen molar-refractivity contribution in [2.45, 2.75) is 26.3 Å². The van der Waals surface area contributed by atoms with Crippen LogP contribution in [0.15, 0.2) is 12.4 Å². The Morgan fingerprint density at radius 2 is 2.00 bits per heavy atom. The first-order chi connectivity index (χ1) is 6.09. The van der Waals surface area contributed by atoms with Gasteiger partial charge in [-0.05, 0) is 13.8 Å². The van der Waals surface area contributed by atoms with Gasteiger partial charge in [0.2, 0.25) is 0 Å². The highest BCUT2D eigenvalue weighted by Crippen LogP contribution is 2.17. The predicted octanol–water partition coefficient (Wildman–Crippen LogP) is 2.23. The molecule has 0 saturated carbocycles. The average molecular weight is 187 g/mol. The molecule has 13 heavy (non-hydrogen) atoms. The maximum absolute atomic E-state index is 12.2. The van der Waals surface area contributed by atoms with Crippen LogP contribution in [0.1, 0.15) is 26.0 Å². The van der Waals surface area contributed by atoms with E-state index in [0.29, 0.717) is 5.82 Å². The SMILES string of the molecule is CC(C)Nc1cc(C(F)F)ncn1. The minimum atomic E-state index is -2.55. The van der Waals surface area contributed by atoms with Gasteiger partial charge in [-0.25, -0.2) is 18.7 Å². The van der Waals surface area contributed by atoms with Gasteiger partial charge in [0.05, 0.1) is 0 Å². The largest absolute Gasteiger partial charge is 0.368 e. The molecule has 0 amide bonds. The van der Waals surface area contributed by atoms with Crippen LogP contribution in [-0.2, 0) is 0 Å². The summed E-state index contributed by atoms with van der Waals surface area (Å²) in [6.07, 6.45) is -1.41. The fourth-order valence-electron chi connectivity index (χ4n) is 0.866. The Morgan fingerprint density at radius 3 is 2.54 bits per heavy atom. The standard InChI is InChI=1S/C8H11F2N3/c1-5(2)13-7-3-6(8(9)10)11-4-12-7/h3-5,8H,1-2H3,(H,11,12,13). The highest BCUT2D eigenvalue weighted by Gasteiger charge is 2.09. The highest BCUT2D eigenvalue weighted by atomic mass is 19.3. The lowest BCUT2D eigenvalue weighted by molar-refractivity contribution is 0.146. The molecule has 0 unspecified atom stereocenters. The Labute approximate surface area is 75.2 Å². The van der Waals surface area contributed by atoms with Gasteiger partial charge in [0.15, 0.2) is 0 Å². The molecule has 1 rings (SSSR count). The molecule has 5 heteroatoms. The van der Waals surface area contributed by atoms with Gasteiger partial charge >= 0.3 is 0 Å². The van der Waals surface area contributed by atoms with Crippen molar-refractivity contribution in [2.75, 3.05) is 5.32 Å². The molecule has 0 radical (unpaired) electrons. The lowest BCUT2D eigenvalue weighted by Crippen LogP contribution is -2.11. The van der Waals surface area contributed by atoms with E-state index in [1.54, 1.807) is 0 Å². The van der Waals surface area contributed by atoms with Crippen molar-refractivity contribution in [3.05, 3.63) is 18.1 Å². The van der Waals surface area contributed by atoms with Crippen LogP contribution >= 0.6 is 0 Å². The summed E-state index contributed by atoms with van der Waals surface area (Å²) in [5.74, 6) is 0.431. The number of aromatic nitrogens is 2. The van der Waals surface area contributed by atoms with E-state index in [1.807, 2.05) is 13.8 Å². The number of hydrogen-bond donors (Lipinski definition) is 1. The summed E-state index contributed by atoms with van der Waals surface area (Å²) < 4.78 is 24.3. The van der Waals surface area contributed by atoms with Crippen molar-refractivity contribution >= 4 is 5.82 Å². The van der Waals surface area contributed by atoms with Crippen LogP contribution in [0.4, 0.5) is 14.6 Å². The summed E-state index contributed by atoms with van der Waals surface area (Å²) in [6.45, 7) is 3.81. The zero-order valence-electron chi connectivity index (χ0n) is 7.46. The number of nitrogens with zero attached hydrogens (tertiary/aromatic N) is 2. The van der Waals surface area contributed by atoms with Crippen molar-refractivity contribution in [1.82, 2.24) is 9.97 Å². The number of hydrogen-bond acceptors (Lipinski definition) is 3. The van der Waals surface area contributed by atoms with Crippen molar-refractivity contribution < 1.29 is 8.78 Å². The quantitative estimate of drug-likeness (QED) is 0.788. The molecule has 3 nitrogen and oxygen atoms in total. The van der Waals surface area contributed by atoms with E-state index in [0.717, 1.165) is 6.33 Å². The minimum absolute atomic E-state index is 0.167. The molecule has 0 atom stereocenters. The first-order valence-electron chi connectivity index (χ1n) is 3.96. The van der Waals surface area contributed by atoms with E-state index in [4.69, 9.17) is 0 Å². The lowest BCUT2D eigenvalue weighted by Gasteiger charge is -2.08. The zero-order chi connectivity index (χ0) is 9.84. The van der Waals surface area contributed by atoms with Gasteiger partial charge in [-0.2, -0.15) is 0 Å². The fraction of sp³-hybridized carbons (Fsp3) is 0.500. The van der Waals surface area contributed by atoms with Gasteiger partial charge in [0.1, 0.15) is 17.8 Å². The van der Waals surface area contributed by atoms with Gasteiger partial charge in [0.25, 0.3) is 6.43 Å². The van der Waals surface area contributed by atoms with Crippen LogP contribution in [0.3, 0.4) is 0 Å². The Hall–Kier alpha value is -1.26. The van der Waals surface area contributed by atoms with Crippen LogP contribution < -0.4 is 5.32 Å². The third-order valence-corrected chi connectivity index (χ3v) is 1.35. The molecule has 0 spiro atoms. The van der Waals surface area contributed by atoms with Crippen LogP contribution in [-0.4, -0.2) is 16.0 Å². The molecule has 1 aromatic rings. The van der Waals surface area contributed by atoms with Crippen molar-refractivity contribution in [3.63, 3.8) is 0 Å². The van der Waals surface area contributed by atoms with Gasteiger partial charge in [-0.3, -0.25) is 0 Å². The Morgan fingerprint density at radius 1 is 1.31 bits per heavy atom. The van der Waals surface area contributed by atoms with Gasteiger partial charge < -0.3 is 5.32 Å². The summed E-state index contributed by atoms with van der Waals surface area (Å²) >= 11 is 0. The topological polar surface area (TPSA) is 37.8 Å². The van der Waals surface area contributed by atoms with Crippen LogP contribution in [0.25, 0.3) is 0 Å². The monoisotopic (exact) mass is 187 g/mol. The van der Waals surface area contributed by atoms with Crippen molar-refractivity contribution in [2.24, 2.45) is 0 Å². The van der Waals surface area contributed by atoms with Crippen molar-refractivity contribution in [1.29, 1.82) is 0 Å². The third kappa shape index (κ3) is 2.93. The molecule has 0 fully saturated rings. The van der Waals surface area contributed by atoms with Gasteiger partial charge in [-0.15, -0.1) is 0 Å². The first-order valence-corrected chi connectivity index (χ1v) is 3.96. The van der Waals surface area contributed by atoms with Gasteiger partial charge in [0, 0.05) is 12.1 Å². The molecule has 1 aromatic heterocycles. The third-order valence-electron chi connectivity index (χ3n) is 1.35. The number of nitrogens with one attached hydrogen (secondary N) is 1. The molecule has 0 bridgehead atoms. The Balaban J connectivity index is 2.79. The molecule has 0 aromatic carbocycles. The number of halogens is 2. The van der Waals surface area contributed by atoms with E-state index in [-0.39, 0.29) is 11.7 Å². The second-order valence-corrected chi connectivity index (χ2v) is 2.93. The summed E-state index contributed by atoms with van der Waals surface area (Å²) in [7, 11) is 0. The highest BCUT2D eigenvalue weighted by molar-refractivity contribution is 5.35. The normalized spacial score (nSPS) is 10.9. The summed E-state index contributed by atoms with van der Waals surface area (Å²) in [5.41, 5.74) is -0.252. The molecule has 1 N–H and O–H groups in total. The Bertz CT molecular complexity index is 276. The molecule has 72 valence electrons. The van der Waals surface area contributed by atoms with Crippen LogP contribution in [0.5, 0.6) is 0 Å². The first kappa shape index (κ1) is 9.83.